The number of H-pyrrole nitrogens is 1. The first-order valence-electron chi connectivity index (χ1n) is 9.10. The highest BCUT2D eigenvalue weighted by atomic mass is 16.2. The molecule has 0 aliphatic carbocycles. The molecule has 130 valence electrons. The maximum Gasteiger partial charge on any atom is 0.222 e. The molecular weight excluding hydrogens is 298 g/mol. The molecule has 1 amide bonds. The van der Waals surface area contributed by atoms with Crippen LogP contribution in [0.4, 0.5) is 0 Å². The Labute approximate surface area is 144 Å². The fraction of sp³-hybridized carbons (Fsp3) is 0.550. The first-order chi connectivity index (χ1) is 11.6. The van der Waals surface area contributed by atoms with Crippen molar-refractivity contribution < 1.29 is 4.79 Å². The highest BCUT2D eigenvalue weighted by molar-refractivity contribution is 5.84. The van der Waals surface area contributed by atoms with E-state index in [0.717, 1.165) is 17.6 Å². The Balaban J connectivity index is 1.56. The summed E-state index contributed by atoms with van der Waals surface area (Å²) in [5.74, 6) is 0.235. The minimum absolute atomic E-state index is 0.235. The zero-order valence-electron chi connectivity index (χ0n) is 15.1. The summed E-state index contributed by atoms with van der Waals surface area (Å²) in [7, 11) is 1.91. The van der Waals surface area contributed by atoms with Crippen molar-refractivity contribution in [2.45, 2.75) is 52.1 Å². The van der Waals surface area contributed by atoms with Crippen molar-refractivity contribution in [1.82, 2.24) is 14.8 Å². The molecule has 1 aromatic carbocycles. The van der Waals surface area contributed by atoms with Crippen LogP contribution in [-0.2, 0) is 11.3 Å². The lowest BCUT2D eigenvalue weighted by molar-refractivity contribution is -0.130. The average molecular weight is 327 g/mol. The van der Waals surface area contributed by atoms with Gasteiger partial charge in [0.05, 0.1) is 6.54 Å². The summed E-state index contributed by atoms with van der Waals surface area (Å²) in [5.41, 5.74) is 3.53. The average Bonchev–Trinajstić information content (AvgIpc) is 3.22. The van der Waals surface area contributed by atoms with Crippen molar-refractivity contribution in [3.8, 4) is 0 Å². The molecule has 1 aliphatic heterocycles. The second-order valence-corrected chi connectivity index (χ2v) is 7.15. The van der Waals surface area contributed by atoms with Gasteiger partial charge in [0.15, 0.2) is 0 Å². The van der Waals surface area contributed by atoms with E-state index >= 15 is 0 Å². The summed E-state index contributed by atoms with van der Waals surface area (Å²) >= 11 is 0. The maximum atomic E-state index is 12.5. The smallest absolute Gasteiger partial charge is 0.222 e. The summed E-state index contributed by atoms with van der Waals surface area (Å²) in [4.78, 5) is 20.3. The third-order valence-corrected chi connectivity index (χ3v) is 5.43. The van der Waals surface area contributed by atoms with Crippen molar-refractivity contribution >= 4 is 16.8 Å². The van der Waals surface area contributed by atoms with Gasteiger partial charge in [-0.25, -0.2) is 0 Å². The van der Waals surface area contributed by atoms with Gasteiger partial charge >= 0.3 is 0 Å². The zero-order chi connectivity index (χ0) is 17.1. The van der Waals surface area contributed by atoms with Gasteiger partial charge in [-0.15, -0.1) is 0 Å². The van der Waals surface area contributed by atoms with Gasteiger partial charge in [0.2, 0.25) is 5.91 Å². The van der Waals surface area contributed by atoms with E-state index in [1.54, 1.807) is 0 Å². The minimum Gasteiger partial charge on any atom is -0.357 e. The van der Waals surface area contributed by atoms with Crippen LogP contribution in [0.2, 0.25) is 0 Å². The molecule has 0 bridgehead atoms. The second kappa shape index (κ2) is 7.39. The van der Waals surface area contributed by atoms with Crippen molar-refractivity contribution in [3.05, 3.63) is 35.5 Å². The van der Waals surface area contributed by atoms with E-state index in [2.05, 4.69) is 41.9 Å². The monoisotopic (exact) mass is 327 g/mol. The first-order valence-corrected chi connectivity index (χ1v) is 9.10. The van der Waals surface area contributed by atoms with Gasteiger partial charge in [0.25, 0.3) is 0 Å². The highest BCUT2D eigenvalue weighted by Crippen LogP contribution is 2.22. The summed E-state index contributed by atoms with van der Waals surface area (Å²) in [6.07, 6.45) is 4.19. The number of para-hydroxylation sites is 1. The number of benzene rings is 1. The molecule has 1 aromatic heterocycles. The molecule has 4 nitrogen and oxygen atoms in total. The Bertz CT molecular complexity index is 700. The van der Waals surface area contributed by atoms with Crippen LogP contribution >= 0.6 is 0 Å². The molecule has 3 rings (SSSR count). The van der Waals surface area contributed by atoms with Crippen molar-refractivity contribution in [2.24, 2.45) is 0 Å². The lowest BCUT2D eigenvalue weighted by Gasteiger charge is -2.24. The Morgan fingerprint density at radius 1 is 1.29 bits per heavy atom. The van der Waals surface area contributed by atoms with E-state index in [4.69, 9.17) is 0 Å². The Morgan fingerprint density at radius 2 is 2.00 bits per heavy atom. The van der Waals surface area contributed by atoms with Crippen LogP contribution in [0.5, 0.6) is 0 Å². The molecule has 0 spiro atoms. The lowest BCUT2D eigenvalue weighted by Crippen LogP contribution is -2.32. The SMILES string of the molecule is Cc1c(CN(C)C(=O)CC[C@@H](C)N2CCCC2)[nH]c2ccccc12. The maximum absolute atomic E-state index is 12.5. The molecule has 1 aliphatic rings. The molecule has 1 saturated heterocycles. The molecule has 2 aromatic rings. The van der Waals surface area contributed by atoms with Crippen LogP contribution in [0.15, 0.2) is 24.3 Å². The van der Waals surface area contributed by atoms with E-state index in [9.17, 15) is 4.79 Å². The second-order valence-electron chi connectivity index (χ2n) is 7.15. The van der Waals surface area contributed by atoms with Crippen LogP contribution in [0.3, 0.4) is 0 Å². The number of amides is 1. The third-order valence-electron chi connectivity index (χ3n) is 5.43. The Morgan fingerprint density at radius 3 is 2.71 bits per heavy atom. The normalized spacial score (nSPS) is 16.6. The van der Waals surface area contributed by atoms with Gasteiger partial charge in [-0.05, 0) is 57.8 Å². The van der Waals surface area contributed by atoms with Crippen LogP contribution in [0.25, 0.3) is 10.9 Å². The predicted molar refractivity (Wildman–Crippen MR) is 99.0 cm³/mol. The molecule has 4 heteroatoms. The number of aryl methyl sites for hydroxylation is 1. The third kappa shape index (κ3) is 3.64. The number of nitrogens with one attached hydrogen (secondary N) is 1. The summed E-state index contributed by atoms with van der Waals surface area (Å²) in [6, 6.07) is 8.83. The van der Waals surface area contributed by atoms with Crippen molar-refractivity contribution in [3.63, 3.8) is 0 Å². The predicted octanol–water partition coefficient (Wildman–Crippen LogP) is 3.70. The van der Waals surface area contributed by atoms with Crippen molar-refractivity contribution in [2.75, 3.05) is 20.1 Å². The molecule has 24 heavy (non-hydrogen) atoms. The summed E-state index contributed by atoms with van der Waals surface area (Å²) in [6.45, 7) is 7.42. The van der Waals surface area contributed by atoms with Gasteiger partial charge in [0, 0.05) is 36.1 Å². The highest BCUT2D eigenvalue weighted by Gasteiger charge is 2.20. The van der Waals surface area contributed by atoms with E-state index < -0.39 is 0 Å². The van der Waals surface area contributed by atoms with E-state index in [-0.39, 0.29) is 5.91 Å². The number of likely N-dealkylation sites (tertiary alicyclic amines) is 1. The Hall–Kier alpha value is -1.81. The number of rotatable bonds is 6. The van der Waals surface area contributed by atoms with Crippen LogP contribution in [-0.4, -0.2) is 46.9 Å². The van der Waals surface area contributed by atoms with E-state index in [1.165, 1.54) is 36.9 Å². The van der Waals surface area contributed by atoms with Gasteiger partial charge in [-0.1, -0.05) is 18.2 Å². The molecule has 1 N–H and O–H groups in total. The van der Waals surface area contributed by atoms with Gasteiger partial charge in [-0.3, -0.25) is 4.79 Å². The van der Waals surface area contributed by atoms with Crippen LogP contribution in [0, 0.1) is 6.92 Å². The number of hydrogen-bond donors (Lipinski definition) is 1. The molecule has 0 radical (unpaired) electrons. The molecule has 1 atom stereocenters. The van der Waals surface area contributed by atoms with E-state index in [0.29, 0.717) is 19.0 Å². The number of fused-ring (bicyclic) bond motifs is 1. The van der Waals surface area contributed by atoms with Crippen LogP contribution < -0.4 is 0 Å². The fourth-order valence-electron chi connectivity index (χ4n) is 3.71. The van der Waals surface area contributed by atoms with Gasteiger partial charge < -0.3 is 14.8 Å². The summed E-state index contributed by atoms with van der Waals surface area (Å²) < 4.78 is 0. The number of aromatic amines is 1. The van der Waals surface area contributed by atoms with Crippen LogP contribution in [0.1, 0.15) is 43.9 Å². The number of hydrogen-bond acceptors (Lipinski definition) is 2. The standard InChI is InChI=1S/C20H29N3O/c1-15(23-12-6-7-13-23)10-11-20(24)22(3)14-19-16(2)17-8-4-5-9-18(17)21-19/h4-5,8-9,15,21H,6-7,10-14H2,1-3H3/t15-/m1/s1. The molecule has 1 fully saturated rings. The quantitative estimate of drug-likeness (QED) is 0.879. The van der Waals surface area contributed by atoms with Gasteiger partial charge in [-0.2, -0.15) is 0 Å². The number of carbonyl (C=O) groups excluding carboxylic acids is 1. The molecular formula is C20H29N3O. The Kier molecular flexibility index (Phi) is 5.24. The molecule has 0 saturated carbocycles. The lowest BCUT2D eigenvalue weighted by atomic mass is 10.1. The largest absolute Gasteiger partial charge is 0.357 e. The topological polar surface area (TPSA) is 39.3 Å². The molecule has 2 heterocycles. The first kappa shape index (κ1) is 17.0. The molecule has 0 unspecified atom stereocenters. The van der Waals surface area contributed by atoms with E-state index in [1.807, 2.05) is 18.0 Å². The number of nitrogens with zero attached hydrogens (tertiary/aromatic N) is 2. The fourth-order valence-corrected chi connectivity index (χ4v) is 3.71. The minimum atomic E-state index is 0.235. The zero-order valence-corrected chi connectivity index (χ0v) is 15.1. The van der Waals surface area contributed by atoms with Crippen molar-refractivity contribution in [1.29, 1.82) is 0 Å². The number of aromatic nitrogens is 1. The number of carbonyl (C=O) groups is 1. The summed E-state index contributed by atoms with van der Waals surface area (Å²) in [5, 5.41) is 1.25. The van der Waals surface area contributed by atoms with Gasteiger partial charge in [0.1, 0.15) is 0 Å².